The van der Waals surface area contributed by atoms with Crippen molar-refractivity contribution in [2.45, 2.75) is 32.7 Å². The fourth-order valence-electron chi connectivity index (χ4n) is 2.76. The molecule has 0 aromatic heterocycles. The average molecular weight is 283 g/mol. The van der Waals surface area contributed by atoms with E-state index in [9.17, 15) is 4.79 Å². The minimum Gasteiger partial charge on any atom is -0.334 e. The van der Waals surface area contributed by atoms with Crippen molar-refractivity contribution in [3.05, 3.63) is 34.9 Å². The van der Waals surface area contributed by atoms with Gasteiger partial charge in [0.05, 0.1) is 0 Å². The fraction of sp³-hybridized carbons (Fsp3) is 0.533. The standard InChI is InChI=1S/C15H22N2O.ClH/c1-11-6-7-14(12(2)9-11)15(18)17-8-4-5-13(17)10-16-3;/h6-7,9,13,16H,4-5,8,10H2,1-3H3;1H. The number of carbonyl (C=O) groups is 1. The molecule has 1 aliphatic heterocycles. The molecule has 2 rings (SSSR count). The second-order valence-electron chi connectivity index (χ2n) is 5.17. The number of likely N-dealkylation sites (N-methyl/N-ethyl adjacent to an activating group) is 1. The molecule has 3 nitrogen and oxygen atoms in total. The van der Waals surface area contributed by atoms with Crippen molar-refractivity contribution >= 4 is 18.3 Å². The van der Waals surface area contributed by atoms with Crippen LogP contribution in [0.2, 0.25) is 0 Å². The van der Waals surface area contributed by atoms with E-state index in [0.717, 1.165) is 37.1 Å². The van der Waals surface area contributed by atoms with Gasteiger partial charge in [-0.15, -0.1) is 12.4 Å². The third-order valence-electron chi connectivity index (χ3n) is 3.69. The Morgan fingerprint density at radius 2 is 2.16 bits per heavy atom. The second kappa shape index (κ2) is 6.92. The van der Waals surface area contributed by atoms with E-state index in [2.05, 4.69) is 18.3 Å². The summed E-state index contributed by atoms with van der Waals surface area (Å²) in [5, 5.41) is 3.18. The highest BCUT2D eigenvalue weighted by atomic mass is 35.5. The zero-order valence-corrected chi connectivity index (χ0v) is 12.7. The van der Waals surface area contributed by atoms with Crippen LogP contribution in [0.5, 0.6) is 0 Å². The van der Waals surface area contributed by atoms with E-state index in [-0.39, 0.29) is 18.3 Å². The molecule has 0 saturated carbocycles. The summed E-state index contributed by atoms with van der Waals surface area (Å²) in [6, 6.07) is 6.41. The second-order valence-corrected chi connectivity index (χ2v) is 5.17. The lowest BCUT2D eigenvalue weighted by atomic mass is 10.0. The molecule has 0 bridgehead atoms. The molecule has 1 aliphatic rings. The van der Waals surface area contributed by atoms with Crippen LogP contribution in [0.1, 0.15) is 34.3 Å². The van der Waals surface area contributed by atoms with Gasteiger partial charge in [0.2, 0.25) is 0 Å². The van der Waals surface area contributed by atoms with Gasteiger partial charge in [-0.05, 0) is 45.4 Å². The maximum absolute atomic E-state index is 12.6. The number of rotatable bonds is 3. The normalized spacial score (nSPS) is 18.3. The fourth-order valence-corrected chi connectivity index (χ4v) is 2.76. The van der Waals surface area contributed by atoms with Crippen LogP contribution in [0.4, 0.5) is 0 Å². The van der Waals surface area contributed by atoms with Crippen LogP contribution in [0, 0.1) is 13.8 Å². The molecule has 1 fully saturated rings. The molecule has 0 aliphatic carbocycles. The zero-order chi connectivity index (χ0) is 13.1. The molecule has 1 aromatic rings. The van der Waals surface area contributed by atoms with Crippen molar-refractivity contribution in [2.24, 2.45) is 0 Å². The highest BCUT2D eigenvalue weighted by Crippen LogP contribution is 2.21. The van der Waals surface area contributed by atoms with Gasteiger partial charge >= 0.3 is 0 Å². The number of nitrogens with one attached hydrogen (secondary N) is 1. The smallest absolute Gasteiger partial charge is 0.254 e. The number of amides is 1. The van der Waals surface area contributed by atoms with Crippen LogP contribution in [-0.4, -0.2) is 37.0 Å². The molecule has 1 saturated heterocycles. The Balaban J connectivity index is 0.00000180. The first-order chi connectivity index (χ1) is 8.63. The van der Waals surface area contributed by atoms with Gasteiger partial charge in [0.15, 0.2) is 0 Å². The summed E-state index contributed by atoms with van der Waals surface area (Å²) < 4.78 is 0. The first kappa shape index (κ1) is 16.0. The molecule has 1 atom stereocenters. The van der Waals surface area contributed by atoms with Gasteiger partial charge in [0.25, 0.3) is 5.91 Å². The number of hydrogen-bond donors (Lipinski definition) is 1. The highest BCUT2D eigenvalue weighted by Gasteiger charge is 2.29. The lowest BCUT2D eigenvalue weighted by Gasteiger charge is -2.25. The predicted molar refractivity (Wildman–Crippen MR) is 81.1 cm³/mol. The minimum absolute atomic E-state index is 0. The summed E-state index contributed by atoms with van der Waals surface area (Å²) in [6.45, 7) is 5.85. The number of aryl methyl sites for hydroxylation is 2. The van der Waals surface area contributed by atoms with Gasteiger partial charge in [0, 0.05) is 24.7 Å². The molecule has 4 heteroatoms. The van der Waals surface area contributed by atoms with Crippen molar-refractivity contribution in [1.29, 1.82) is 0 Å². The van der Waals surface area contributed by atoms with E-state index in [1.165, 1.54) is 5.56 Å². The lowest BCUT2D eigenvalue weighted by Crippen LogP contribution is -2.41. The largest absolute Gasteiger partial charge is 0.334 e. The summed E-state index contributed by atoms with van der Waals surface area (Å²) in [4.78, 5) is 14.6. The molecule has 106 valence electrons. The predicted octanol–water partition coefficient (Wildman–Crippen LogP) is 2.55. The van der Waals surface area contributed by atoms with Crippen molar-refractivity contribution < 1.29 is 4.79 Å². The molecule has 19 heavy (non-hydrogen) atoms. The van der Waals surface area contributed by atoms with E-state index < -0.39 is 0 Å². The van der Waals surface area contributed by atoms with E-state index in [4.69, 9.17) is 0 Å². The Kier molecular flexibility index (Phi) is 5.83. The SMILES string of the molecule is CNCC1CCCN1C(=O)c1ccc(C)cc1C.Cl. The molecule has 0 radical (unpaired) electrons. The Labute approximate surface area is 121 Å². The van der Waals surface area contributed by atoms with Crippen LogP contribution in [0.3, 0.4) is 0 Å². The van der Waals surface area contributed by atoms with Gasteiger partial charge in [0.1, 0.15) is 0 Å². The Bertz CT molecular complexity index is 448. The summed E-state index contributed by atoms with van der Waals surface area (Å²) in [7, 11) is 1.94. The summed E-state index contributed by atoms with van der Waals surface area (Å²) >= 11 is 0. The van der Waals surface area contributed by atoms with Crippen molar-refractivity contribution in [3.63, 3.8) is 0 Å². The van der Waals surface area contributed by atoms with Crippen molar-refractivity contribution in [2.75, 3.05) is 20.1 Å². The molecule has 1 aromatic carbocycles. The van der Waals surface area contributed by atoms with Crippen LogP contribution < -0.4 is 5.32 Å². The summed E-state index contributed by atoms with van der Waals surface area (Å²) in [5.74, 6) is 0.185. The zero-order valence-electron chi connectivity index (χ0n) is 11.9. The first-order valence-corrected chi connectivity index (χ1v) is 6.66. The minimum atomic E-state index is 0. The third-order valence-corrected chi connectivity index (χ3v) is 3.69. The summed E-state index contributed by atoms with van der Waals surface area (Å²) in [6.07, 6.45) is 2.22. The molecule has 1 unspecified atom stereocenters. The van der Waals surface area contributed by atoms with Gasteiger partial charge < -0.3 is 10.2 Å². The number of hydrogen-bond acceptors (Lipinski definition) is 2. The van der Waals surface area contributed by atoms with Crippen LogP contribution in [0.25, 0.3) is 0 Å². The van der Waals surface area contributed by atoms with E-state index in [1.807, 2.05) is 31.0 Å². The quantitative estimate of drug-likeness (QED) is 0.924. The molecular formula is C15H23ClN2O. The maximum atomic E-state index is 12.6. The number of nitrogens with zero attached hydrogens (tertiary/aromatic N) is 1. The van der Waals surface area contributed by atoms with E-state index >= 15 is 0 Å². The Morgan fingerprint density at radius 1 is 1.42 bits per heavy atom. The molecule has 0 spiro atoms. The Hall–Kier alpha value is -1.06. The van der Waals surface area contributed by atoms with Crippen LogP contribution in [0.15, 0.2) is 18.2 Å². The topological polar surface area (TPSA) is 32.3 Å². The average Bonchev–Trinajstić information content (AvgIpc) is 2.77. The van der Waals surface area contributed by atoms with E-state index in [0.29, 0.717) is 6.04 Å². The molecule has 1 heterocycles. The van der Waals surface area contributed by atoms with Gasteiger partial charge in [-0.25, -0.2) is 0 Å². The van der Waals surface area contributed by atoms with Crippen molar-refractivity contribution in [3.8, 4) is 0 Å². The lowest BCUT2D eigenvalue weighted by molar-refractivity contribution is 0.0736. The van der Waals surface area contributed by atoms with Crippen LogP contribution >= 0.6 is 12.4 Å². The van der Waals surface area contributed by atoms with Crippen LogP contribution in [-0.2, 0) is 0 Å². The van der Waals surface area contributed by atoms with E-state index in [1.54, 1.807) is 0 Å². The number of benzene rings is 1. The highest BCUT2D eigenvalue weighted by molar-refractivity contribution is 5.96. The number of carbonyl (C=O) groups excluding carboxylic acids is 1. The first-order valence-electron chi connectivity index (χ1n) is 6.66. The maximum Gasteiger partial charge on any atom is 0.254 e. The third kappa shape index (κ3) is 3.48. The molecule has 1 amide bonds. The van der Waals surface area contributed by atoms with Gasteiger partial charge in [-0.3, -0.25) is 4.79 Å². The summed E-state index contributed by atoms with van der Waals surface area (Å²) in [5.41, 5.74) is 3.14. The molecular weight excluding hydrogens is 260 g/mol. The number of halogens is 1. The number of likely N-dealkylation sites (tertiary alicyclic amines) is 1. The van der Waals surface area contributed by atoms with Gasteiger partial charge in [-0.1, -0.05) is 17.7 Å². The van der Waals surface area contributed by atoms with Crippen molar-refractivity contribution in [1.82, 2.24) is 10.2 Å². The van der Waals surface area contributed by atoms with Gasteiger partial charge in [-0.2, -0.15) is 0 Å². The monoisotopic (exact) mass is 282 g/mol. The molecule has 1 N–H and O–H groups in total. The Morgan fingerprint density at radius 3 is 2.79 bits per heavy atom.